The quantitative estimate of drug-likeness (QED) is 0.810. The van der Waals surface area contributed by atoms with Crippen molar-refractivity contribution in [2.24, 2.45) is 11.8 Å². The first-order chi connectivity index (χ1) is 8.03. The van der Waals surface area contributed by atoms with Crippen LogP contribution in [-0.2, 0) is 0 Å². The predicted octanol–water partition coefficient (Wildman–Crippen LogP) is 2.89. The van der Waals surface area contributed by atoms with E-state index in [1.807, 2.05) is 0 Å². The van der Waals surface area contributed by atoms with Crippen molar-refractivity contribution in [3.05, 3.63) is 0 Å². The van der Waals surface area contributed by atoms with Crippen LogP contribution in [0.15, 0.2) is 0 Å². The molecular weight excluding hydrogens is 208 g/mol. The molecule has 2 aliphatic rings. The molecule has 0 amide bonds. The number of hydrogen-bond donors (Lipinski definition) is 1. The SMILES string of the molecule is CC1CCC(NCC2(N(C)C)CCC2)C(C)C1. The molecule has 0 heterocycles. The normalized spacial score (nSPS) is 36.9. The highest BCUT2D eigenvalue weighted by atomic mass is 15.2. The fourth-order valence-corrected chi connectivity index (χ4v) is 3.66. The van der Waals surface area contributed by atoms with Gasteiger partial charge < -0.3 is 10.2 Å². The van der Waals surface area contributed by atoms with Gasteiger partial charge in [0.25, 0.3) is 0 Å². The summed E-state index contributed by atoms with van der Waals surface area (Å²) < 4.78 is 0. The lowest BCUT2D eigenvalue weighted by Gasteiger charge is -2.49. The minimum atomic E-state index is 0.475. The van der Waals surface area contributed by atoms with Crippen LogP contribution >= 0.6 is 0 Å². The monoisotopic (exact) mass is 238 g/mol. The Labute approximate surface area is 107 Å². The van der Waals surface area contributed by atoms with Crippen LogP contribution in [0.4, 0.5) is 0 Å². The van der Waals surface area contributed by atoms with Crippen molar-refractivity contribution < 1.29 is 0 Å². The molecule has 2 nitrogen and oxygen atoms in total. The van der Waals surface area contributed by atoms with E-state index in [4.69, 9.17) is 0 Å². The number of nitrogens with zero attached hydrogens (tertiary/aromatic N) is 1. The molecule has 1 N–H and O–H groups in total. The molecule has 2 fully saturated rings. The molecule has 0 aromatic heterocycles. The van der Waals surface area contributed by atoms with E-state index in [2.05, 4.69) is 38.2 Å². The maximum absolute atomic E-state index is 3.87. The van der Waals surface area contributed by atoms with Gasteiger partial charge in [0.1, 0.15) is 0 Å². The average molecular weight is 238 g/mol. The first-order valence-electron chi connectivity index (χ1n) is 7.44. The number of nitrogens with one attached hydrogen (secondary N) is 1. The smallest absolute Gasteiger partial charge is 0.0328 e. The molecule has 2 heteroatoms. The van der Waals surface area contributed by atoms with Crippen LogP contribution in [-0.4, -0.2) is 37.1 Å². The Morgan fingerprint density at radius 1 is 1.18 bits per heavy atom. The highest BCUT2D eigenvalue weighted by Gasteiger charge is 2.39. The minimum Gasteiger partial charge on any atom is -0.312 e. The molecule has 17 heavy (non-hydrogen) atoms. The second-order valence-corrected chi connectivity index (χ2v) is 6.86. The lowest BCUT2D eigenvalue weighted by molar-refractivity contribution is 0.0515. The number of hydrogen-bond acceptors (Lipinski definition) is 2. The molecular formula is C15H30N2. The highest BCUT2D eigenvalue weighted by Crippen LogP contribution is 2.36. The van der Waals surface area contributed by atoms with Crippen LogP contribution in [0.2, 0.25) is 0 Å². The summed E-state index contributed by atoms with van der Waals surface area (Å²) in [5, 5.41) is 3.87. The zero-order valence-electron chi connectivity index (χ0n) is 12.1. The predicted molar refractivity (Wildman–Crippen MR) is 74.2 cm³/mol. The third kappa shape index (κ3) is 2.85. The second kappa shape index (κ2) is 5.27. The Morgan fingerprint density at radius 2 is 1.88 bits per heavy atom. The molecule has 100 valence electrons. The molecule has 0 radical (unpaired) electrons. The molecule has 3 unspecified atom stereocenters. The Hall–Kier alpha value is -0.0800. The van der Waals surface area contributed by atoms with Crippen molar-refractivity contribution in [1.82, 2.24) is 10.2 Å². The van der Waals surface area contributed by atoms with Crippen LogP contribution in [0.5, 0.6) is 0 Å². The van der Waals surface area contributed by atoms with E-state index in [9.17, 15) is 0 Å². The van der Waals surface area contributed by atoms with E-state index >= 15 is 0 Å². The summed E-state index contributed by atoms with van der Waals surface area (Å²) >= 11 is 0. The third-order valence-electron chi connectivity index (χ3n) is 5.36. The fourth-order valence-electron chi connectivity index (χ4n) is 3.66. The molecule has 2 saturated carbocycles. The Bertz CT molecular complexity index is 245. The summed E-state index contributed by atoms with van der Waals surface area (Å²) in [6.45, 7) is 6.03. The number of rotatable bonds is 4. The van der Waals surface area contributed by atoms with Gasteiger partial charge in [0.2, 0.25) is 0 Å². The molecule has 0 aromatic carbocycles. The van der Waals surface area contributed by atoms with Crippen molar-refractivity contribution in [3.8, 4) is 0 Å². The van der Waals surface area contributed by atoms with E-state index in [1.165, 1.54) is 45.1 Å². The molecule has 0 aliphatic heterocycles. The summed E-state index contributed by atoms with van der Waals surface area (Å²) in [7, 11) is 4.49. The van der Waals surface area contributed by atoms with Gasteiger partial charge in [0, 0.05) is 18.1 Å². The van der Waals surface area contributed by atoms with E-state index in [-0.39, 0.29) is 0 Å². The van der Waals surface area contributed by atoms with Gasteiger partial charge in [0.05, 0.1) is 0 Å². The van der Waals surface area contributed by atoms with Crippen molar-refractivity contribution in [2.45, 2.75) is 64.0 Å². The molecule has 2 rings (SSSR count). The summed E-state index contributed by atoms with van der Waals surface area (Å²) in [5.74, 6) is 1.80. The molecule has 0 aromatic rings. The van der Waals surface area contributed by atoms with E-state index in [0.717, 1.165) is 17.9 Å². The zero-order chi connectivity index (χ0) is 12.5. The lowest BCUT2D eigenvalue weighted by Crippen LogP contribution is -2.58. The van der Waals surface area contributed by atoms with Crippen molar-refractivity contribution in [1.29, 1.82) is 0 Å². The van der Waals surface area contributed by atoms with E-state index in [1.54, 1.807) is 0 Å². The van der Waals surface area contributed by atoms with Gasteiger partial charge in [-0.2, -0.15) is 0 Å². The zero-order valence-corrected chi connectivity index (χ0v) is 12.1. The Kier molecular flexibility index (Phi) is 4.14. The first-order valence-corrected chi connectivity index (χ1v) is 7.44. The highest BCUT2D eigenvalue weighted by molar-refractivity contribution is 4.98. The van der Waals surface area contributed by atoms with Crippen LogP contribution in [0.25, 0.3) is 0 Å². The second-order valence-electron chi connectivity index (χ2n) is 6.86. The molecule has 0 bridgehead atoms. The number of likely N-dealkylation sites (N-methyl/N-ethyl adjacent to an activating group) is 1. The van der Waals surface area contributed by atoms with E-state index < -0.39 is 0 Å². The van der Waals surface area contributed by atoms with Gasteiger partial charge in [0.15, 0.2) is 0 Å². The summed E-state index contributed by atoms with van der Waals surface area (Å²) in [5.41, 5.74) is 0.475. The maximum Gasteiger partial charge on any atom is 0.0328 e. The van der Waals surface area contributed by atoms with Crippen LogP contribution < -0.4 is 5.32 Å². The van der Waals surface area contributed by atoms with Crippen molar-refractivity contribution >= 4 is 0 Å². The summed E-state index contributed by atoms with van der Waals surface area (Å²) in [4.78, 5) is 2.44. The first kappa shape index (κ1) is 13.4. The van der Waals surface area contributed by atoms with Gasteiger partial charge in [-0.25, -0.2) is 0 Å². The fraction of sp³-hybridized carbons (Fsp3) is 1.00. The summed E-state index contributed by atoms with van der Waals surface area (Å²) in [6, 6.07) is 0.767. The van der Waals surface area contributed by atoms with Gasteiger partial charge in [-0.1, -0.05) is 13.8 Å². The Morgan fingerprint density at radius 3 is 2.35 bits per heavy atom. The molecule has 0 spiro atoms. The topological polar surface area (TPSA) is 15.3 Å². The molecule has 2 aliphatic carbocycles. The average Bonchev–Trinajstić information content (AvgIpc) is 2.18. The maximum atomic E-state index is 3.87. The minimum absolute atomic E-state index is 0.475. The van der Waals surface area contributed by atoms with Gasteiger partial charge >= 0.3 is 0 Å². The van der Waals surface area contributed by atoms with Gasteiger partial charge in [-0.3, -0.25) is 0 Å². The molecule has 3 atom stereocenters. The largest absolute Gasteiger partial charge is 0.312 e. The third-order valence-corrected chi connectivity index (χ3v) is 5.36. The van der Waals surface area contributed by atoms with Crippen LogP contribution in [0.1, 0.15) is 52.4 Å². The summed E-state index contributed by atoms with van der Waals surface area (Å²) in [6.07, 6.45) is 8.38. The van der Waals surface area contributed by atoms with Crippen molar-refractivity contribution in [2.75, 3.05) is 20.6 Å². The van der Waals surface area contributed by atoms with Crippen LogP contribution in [0.3, 0.4) is 0 Å². The van der Waals surface area contributed by atoms with Gasteiger partial charge in [-0.05, 0) is 64.5 Å². The van der Waals surface area contributed by atoms with Crippen LogP contribution in [0, 0.1) is 11.8 Å². The van der Waals surface area contributed by atoms with Gasteiger partial charge in [-0.15, -0.1) is 0 Å². The van der Waals surface area contributed by atoms with Crippen molar-refractivity contribution in [3.63, 3.8) is 0 Å². The van der Waals surface area contributed by atoms with E-state index in [0.29, 0.717) is 5.54 Å². The standard InChI is InChI=1S/C15H30N2/c1-12-6-7-14(13(2)10-12)16-11-15(17(3)4)8-5-9-15/h12-14,16H,5-11H2,1-4H3. The molecule has 0 saturated heterocycles. The Balaban J connectivity index is 1.81. The lowest BCUT2D eigenvalue weighted by atomic mass is 9.74.